The third-order valence-corrected chi connectivity index (χ3v) is 2.74. The number of aromatic nitrogens is 1. The van der Waals surface area contributed by atoms with Crippen LogP contribution >= 0.6 is 0 Å². The van der Waals surface area contributed by atoms with Crippen LogP contribution in [0.1, 0.15) is 13.3 Å². The van der Waals surface area contributed by atoms with Crippen LogP contribution in [0, 0.1) is 5.92 Å². The molecular formula is C12H14N2O3. The Morgan fingerprint density at radius 2 is 2.41 bits per heavy atom. The highest BCUT2D eigenvalue weighted by Gasteiger charge is 2.15. The molecule has 1 unspecified atom stereocenters. The Bertz CT molecular complexity index is 521. The predicted octanol–water partition coefficient (Wildman–Crippen LogP) is 2.35. The van der Waals surface area contributed by atoms with Gasteiger partial charge in [0.15, 0.2) is 0 Å². The zero-order valence-electron chi connectivity index (χ0n) is 9.51. The first-order valence-electron chi connectivity index (χ1n) is 5.51. The molecule has 2 aromatic heterocycles. The average Bonchev–Trinajstić information content (AvgIpc) is 2.78. The molecule has 0 aromatic carbocycles. The quantitative estimate of drug-likeness (QED) is 0.830. The van der Waals surface area contributed by atoms with Crippen molar-refractivity contribution in [1.82, 2.24) is 4.98 Å². The monoisotopic (exact) mass is 234 g/mol. The Morgan fingerprint density at radius 3 is 3.12 bits per heavy atom. The van der Waals surface area contributed by atoms with Crippen molar-refractivity contribution in [3.05, 3.63) is 24.6 Å². The largest absolute Gasteiger partial charge is 0.481 e. The van der Waals surface area contributed by atoms with Gasteiger partial charge in [0.1, 0.15) is 11.4 Å². The number of nitrogens with one attached hydrogen (secondary N) is 1. The number of aliphatic carboxylic acids is 1. The molecule has 2 heterocycles. The smallest absolute Gasteiger partial charge is 0.308 e. The topological polar surface area (TPSA) is 75.4 Å². The van der Waals surface area contributed by atoms with Crippen molar-refractivity contribution in [3.8, 4) is 0 Å². The van der Waals surface area contributed by atoms with E-state index >= 15 is 0 Å². The number of pyridine rings is 1. The zero-order chi connectivity index (χ0) is 12.3. The maximum Gasteiger partial charge on any atom is 0.308 e. The zero-order valence-corrected chi connectivity index (χ0v) is 9.51. The molecule has 0 fully saturated rings. The first-order chi connectivity index (χ1) is 8.22. The summed E-state index contributed by atoms with van der Waals surface area (Å²) in [7, 11) is 0. The fraction of sp³-hybridized carbons (Fsp3) is 0.333. The van der Waals surface area contributed by atoms with Crippen LogP contribution in [0.5, 0.6) is 0 Å². The summed E-state index contributed by atoms with van der Waals surface area (Å²) in [6, 6.07) is 3.58. The van der Waals surface area contributed by atoms with Gasteiger partial charge in [-0.15, -0.1) is 0 Å². The fourth-order valence-electron chi connectivity index (χ4n) is 1.66. The average molecular weight is 234 g/mol. The number of carbonyl (C=O) groups is 1. The lowest BCUT2D eigenvalue weighted by Crippen LogP contribution is -2.22. The van der Waals surface area contributed by atoms with Crippen LogP contribution in [0.2, 0.25) is 0 Å². The summed E-state index contributed by atoms with van der Waals surface area (Å²) in [5.74, 6) is -0.533. The van der Waals surface area contributed by atoms with Crippen LogP contribution in [0.25, 0.3) is 11.0 Å². The minimum Gasteiger partial charge on any atom is -0.481 e. The number of nitrogens with zero attached hydrogens (tertiary/aromatic N) is 1. The molecule has 0 aliphatic carbocycles. The highest BCUT2D eigenvalue weighted by Crippen LogP contribution is 2.22. The molecule has 5 heteroatoms. The van der Waals surface area contributed by atoms with Gasteiger partial charge in [-0.1, -0.05) is 6.92 Å². The number of hydrogen-bond donors (Lipinski definition) is 2. The van der Waals surface area contributed by atoms with Gasteiger partial charge in [-0.05, 0) is 18.6 Å². The summed E-state index contributed by atoms with van der Waals surface area (Å²) in [5.41, 5.74) is 0.742. The molecule has 2 rings (SSSR count). The first-order valence-corrected chi connectivity index (χ1v) is 5.51. The van der Waals surface area contributed by atoms with Gasteiger partial charge in [0.2, 0.25) is 0 Å². The lowest BCUT2D eigenvalue weighted by molar-refractivity contribution is -0.141. The molecule has 0 saturated heterocycles. The van der Waals surface area contributed by atoms with Gasteiger partial charge in [-0.2, -0.15) is 0 Å². The number of fused-ring (bicyclic) bond motifs is 1. The number of anilines is 1. The van der Waals surface area contributed by atoms with E-state index in [1.165, 1.54) is 0 Å². The molecule has 2 N–H and O–H groups in total. The third kappa shape index (κ3) is 2.38. The van der Waals surface area contributed by atoms with Gasteiger partial charge in [-0.3, -0.25) is 4.79 Å². The van der Waals surface area contributed by atoms with E-state index in [9.17, 15) is 4.79 Å². The van der Waals surface area contributed by atoms with E-state index in [4.69, 9.17) is 9.52 Å². The summed E-state index contributed by atoms with van der Waals surface area (Å²) >= 11 is 0. The molecule has 0 aliphatic rings. The number of rotatable bonds is 5. The number of hydrogen-bond acceptors (Lipinski definition) is 4. The molecule has 0 aliphatic heterocycles. The number of carboxylic acids is 1. The lowest BCUT2D eigenvalue weighted by atomic mass is 10.1. The van der Waals surface area contributed by atoms with Crippen molar-refractivity contribution < 1.29 is 14.3 Å². The Labute approximate surface area is 98.5 Å². The molecule has 0 bridgehead atoms. The second-order valence-electron chi connectivity index (χ2n) is 3.82. The van der Waals surface area contributed by atoms with Crippen molar-refractivity contribution in [1.29, 1.82) is 0 Å². The van der Waals surface area contributed by atoms with Gasteiger partial charge in [-0.25, -0.2) is 4.98 Å². The van der Waals surface area contributed by atoms with Crippen LogP contribution in [-0.2, 0) is 4.79 Å². The van der Waals surface area contributed by atoms with Crippen molar-refractivity contribution in [2.75, 3.05) is 11.9 Å². The second-order valence-corrected chi connectivity index (χ2v) is 3.82. The summed E-state index contributed by atoms with van der Waals surface area (Å²) in [5, 5.41) is 12.9. The molecule has 0 saturated carbocycles. The maximum atomic E-state index is 10.9. The van der Waals surface area contributed by atoms with Crippen LogP contribution in [0.15, 0.2) is 29.0 Å². The maximum absolute atomic E-state index is 10.9. The summed E-state index contributed by atoms with van der Waals surface area (Å²) in [6.07, 6.45) is 3.81. The van der Waals surface area contributed by atoms with Gasteiger partial charge in [0.25, 0.3) is 0 Å². The molecule has 0 amide bonds. The predicted molar refractivity (Wildman–Crippen MR) is 63.9 cm³/mol. The van der Waals surface area contributed by atoms with Crippen LogP contribution in [-0.4, -0.2) is 22.6 Å². The summed E-state index contributed by atoms with van der Waals surface area (Å²) < 4.78 is 5.24. The lowest BCUT2D eigenvalue weighted by Gasteiger charge is -2.11. The molecule has 17 heavy (non-hydrogen) atoms. The van der Waals surface area contributed by atoms with E-state index < -0.39 is 11.9 Å². The molecule has 1 atom stereocenters. The SMILES string of the molecule is CCC(CNc1nccc2occc12)C(=O)O. The van der Waals surface area contributed by atoms with Crippen LogP contribution in [0.3, 0.4) is 0 Å². The number of carboxylic acid groups (broad SMARTS) is 1. The second kappa shape index (κ2) is 4.86. The first kappa shape index (κ1) is 11.4. The minimum absolute atomic E-state index is 0.364. The summed E-state index contributed by atoms with van der Waals surface area (Å²) in [6.45, 7) is 2.22. The van der Waals surface area contributed by atoms with Gasteiger partial charge in [0.05, 0.1) is 17.6 Å². The van der Waals surface area contributed by atoms with Gasteiger partial charge < -0.3 is 14.8 Å². The van der Waals surface area contributed by atoms with Crippen molar-refractivity contribution in [2.45, 2.75) is 13.3 Å². The van der Waals surface area contributed by atoms with Crippen LogP contribution < -0.4 is 5.32 Å². The molecule has 90 valence electrons. The van der Waals surface area contributed by atoms with E-state index in [0.29, 0.717) is 18.8 Å². The highest BCUT2D eigenvalue weighted by atomic mass is 16.4. The minimum atomic E-state index is -0.792. The van der Waals surface area contributed by atoms with Crippen LogP contribution in [0.4, 0.5) is 5.82 Å². The van der Waals surface area contributed by atoms with Crippen molar-refractivity contribution >= 4 is 22.8 Å². The molecule has 5 nitrogen and oxygen atoms in total. The van der Waals surface area contributed by atoms with E-state index in [0.717, 1.165) is 11.0 Å². The number of furan rings is 1. The van der Waals surface area contributed by atoms with Crippen molar-refractivity contribution in [2.24, 2.45) is 5.92 Å². The normalized spacial score (nSPS) is 12.5. The molecule has 0 radical (unpaired) electrons. The summed E-state index contributed by atoms with van der Waals surface area (Å²) in [4.78, 5) is 15.1. The van der Waals surface area contributed by atoms with E-state index in [1.807, 2.05) is 13.0 Å². The Kier molecular flexibility index (Phi) is 3.27. The third-order valence-electron chi connectivity index (χ3n) is 2.74. The Balaban J connectivity index is 2.13. The molecule has 0 spiro atoms. The molecule has 2 aromatic rings. The fourth-order valence-corrected chi connectivity index (χ4v) is 1.66. The van der Waals surface area contributed by atoms with Gasteiger partial charge >= 0.3 is 5.97 Å². The standard InChI is InChI=1S/C12H14N2O3/c1-2-8(12(15)16)7-14-11-9-4-6-17-10(9)3-5-13-11/h3-6,8H,2,7H2,1H3,(H,13,14)(H,15,16). The highest BCUT2D eigenvalue weighted by molar-refractivity contribution is 5.88. The van der Waals surface area contributed by atoms with E-state index in [1.54, 1.807) is 18.5 Å². The van der Waals surface area contributed by atoms with E-state index in [-0.39, 0.29) is 0 Å². The van der Waals surface area contributed by atoms with Crippen molar-refractivity contribution in [3.63, 3.8) is 0 Å². The van der Waals surface area contributed by atoms with E-state index in [2.05, 4.69) is 10.3 Å². The Hall–Kier alpha value is -2.04. The Morgan fingerprint density at radius 1 is 1.59 bits per heavy atom. The van der Waals surface area contributed by atoms with Gasteiger partial charge in [0, 0.05) is 12.7 Å². The molecular weight excluding hydrogens is 220 g/mol.